The van der Waals surface area contributed by atoms with Crippen LogP contribution in [0.4, 0.5) is 0 Å². The van der Waals surface area contributed by atoms with E-state index in [0.29, 0.717) is 16.9 Å². The van der Waals surface area contributed by atoms with Crippen LogP contribution in [-0.4, -0.2) is 35.6 Å². The Labute approximate surface area is 172 Å². The quantitative estimate of drug-likeness (QED) is 0.669. The largest absolute Gasteiger partial charge is 0.497 e. The number of methoxy groups -OCH3 is 1. The summed E-state index contributed by atoms with van der Waals surface area (Å²) >= 11 is 0. The molecule has 2 rings (SSSR count). The summed E-state index contributed by atoms with van der Waals surface area (Å²) in [4.78, 5) is 25.6. The molecule has 6 heteroatoms. The van der Waals surface area contributed by atoms with Crippen molar-refractivity contribution < 1.29 is 19.4 Å². The number of carbonyl (C=O) groups is 2. The maximum atomic E-state index is 12.9. The van der Waals surface area contributed by atoms with Crippen LogP contribution in [0.1, 0.15) is 49.7 Å². The fraction of sp³-hybridized carbons (Fsp3) is 0.391. The highest BCUT2D eigenvalue weighted by molar-refractivity contribution is 5.97. The Kier molecular flexibility index (Phi) is 7.40. The van der Waals surface area contributed by atoms with Crippen molar-refractivity contribution in [2.45, 2.75) is 45.4 Å². The minimum atomic E-state index is -0.951. The van der Waals surface area contributed by atoms with Gasteiger partial charge in [0.1, 0.15) is 11.8 Å². The Hall–Kier alpha value is -2.86. The molecule has 3 atom stereocenters. The molecule has 0 aliphatic rings. The SMILES string of the molecule is COc1ccc([C@@H](O)[C@@H](C)[C@@H](NC(=O)c2ccccc2)C(=O)NC(C)(C)C)cc1. The molecule has 0 aliphatic carbocycles. The summed E-state index contributed by atoms with van der Waals surface area (Å²) in [6.45, 7) is 7.34. The zero-order chi connectivity index (χ0) is 21.6. The lowest BCUT2D eigenvalue weighted by Crippen LogP contribution is -2.55. The molecule has 0 saturated carbocycles. The van der Waals surface area contributed by atoms with Gasteiger partial charge in [-0.3, -0.25) is 9.59 Å². The van der Waals surface area contributed by atoms with Crippen LogP contribution in [0.2, 0.25) is 0 Å². The summed E-state index contributed by atoms with van der Waals surface area (Å²) in [7, 11) is 1.57. The summed E-state index contributed by atoms with van der Waals surface area (Å²) in [5.41, 5.74) is 0.616. The first kappa shape index (κ1) is 22.4. The first-order valence-corrected chi connectivity index (χ1v) is 9.62. The number of benzene rings is 2. The van der Waals surface area contributed by atoms with Crippen molar-refractivity contribution in [3.05, 3.63) is 65.7 Å². The van der Waals surface area contributed by atoms with E-state index < -0.39 is 23.6 Å². The molecule has 29 heavy (non-hydrogen) atoms. The van der Waals surface area contributed by atoms with Crippen LogP contribution in [0, 0.1) is 5.92 Å². The van der Waals surface area contributed by atoms with Crippen molar-refractivity contribution in [1.82, 2.24) is 10.6 Å². The van der Waals surface area contributed by atoms with Crippen LogP contribution < -0.4 is 15.4 Å². The number of aliphatic hydroxyl groups excluding tert-OH is 1. The van der Waals surface area contributed by atoms with Crippen molar-refractivity contribution >= 4 is 11.8 Å². The van der Waals surface area contributed by atoms with Gasteiger partial charge in [0.15, 0.2) is 0 Å². The summed E-state index contributed by atoms with van der Waals surface area (Å²) in [5, 5.41) is 16.6. The molecule has 0 spiro atoms. The van der Waals surface area contributed by atoms with E-state index in [2.05, 4.69) is 10.6 Å². The van der Waals surface area contributed by atoms with Crippen LogP contribution in [0.25, 0.3) is 0 Å². The first-order valence-electron chi connectivity index (χ1n) is 9.62. The van der Waals surface area contributed by atoms with Gasteiger partial charge < -0.3 is 20.5 Å². The van der Waals surface area contributed by atoms with E-state index in [1.165, 1.54) is 0 Å². The van der Waals surface area contributed by atoms with Gasteiger partial charge in [-0.05, 0) is 50.6 Å². The van der Waals surface area contributed by atoms with Gasteiger partial charge in [0.05, 0.1) is 13.2 Å². The number of rotatable bonds is 7. The Morgan fingerprint density at radius 1 is 1.00 bits per heavy atom. The second-order valence-corrected chi connectivity index (χ2v) is 8.13. The molecule has 0 heterocycles. The maximum absolute atomic E-state index is 12.9. The fourth-order valence-corrected chi connectivity index (χ4v) is 2.98. The normalized spacial score (nSPS) is 14.4. The van der Waals surface area contributed by atoms with E-state index in [1.807, 2.05) is 26.8 Å². The van der Waals surface area contributed by atoms with Crippen LogP contribution in [0.5, 0.6) is 5.75 Å². The molecule has 3 N–H and O–H groups in total. The number of aliphatic hydroxyl groups is 1. The van der Waals surface area contributed by atoms with Gasteiger partial charge in [-0.1, -0.05) is 37.3 Å². The number of nitrogens with one attached hydrogen (secondary N) is 2. The second-order valence-electron chi connectivity index (χ2n) is 8.13. The third-order valence-electron chi connectivity index (χ3n) is 4.58. The topological polar surface area (TPSA) is 87.7 Å². The fourth-order valence-electron chi connectivity index (χ4n) is 2.98. The van der Waals surface area contributed by atoms with E-state index in [0.717, 1.165) is 0 Å². The van der Waals surface area contributed by atoms with Crippen LogP contribution in [0.15, 0.2) is 54.6 Å². The Bertz CT molecular complexity index is 813. The average molecular weight is 399 g/mol. The lowest BCUT2D eigenvalue weighted by atomic mass is 9.89. The third-order valence-corrected chi connectivity index (χ3v) is 4.58. The molecule has 0 saturated heterocycles. The van der Waals surface area contributed by atoms with Crippen molar-refractivity contribution in [2.75, 3.05) is 7.11 Å². The van der Waals surface area contributed by atoms with E-state index in [-0.39, 0.29) is 11.8 Å². The van der Waals surface area contributed by atoms with Gasteiger partial charge in [0, 0.05) is 17.0 Å². The Morgan fingerprint density at radius 3 is 2.10 bits per heavy atom. The standard InChI is InChI=1S/C23H30N2O4/c1-15(20(26)16-11-13-18(29-5)14-12-16)19(22(28)25-23(2,3)4)24-21(27)17-9-7-6-8-10-17/h6-15,19-20,26H,1-5H3,(H,24,27)(H,25,28)/t15-,19+,20-/m0/s1. The molecular formula is C23H30N2O4. The number of amides is 2. The predicted molar refractivity (Wildman–Crippen MR) is 113 cm³/mol. The lowest BCUT2D eigenvalue weighted by molar-refractivity contribution is -0.126. The molecule has 156 valence electrons. The minimum Gasteiger partial charge on any atom is -0.497 e. The lowest BCUT2D eigenvalue weighted by Gasteiger charge is -2.31. The smallest absolute Gasteiger partial charge is 0.251 e. The summed E-state index contributed by atoms with van der Waals surface area (Å²) in [6.07, 6.45) is -0.951. The number of hydrogen-bond donors (Lipinski definition) is 3. The molecule has 0 aliphatic heterocycles. The monoisotopic (exact) mass is 398 g/mol. The summed E-state index contributed by atoms with van der Waals surface area (Å²) in [5.74, 6) is -0.610. The zero-order valence-electron chi connectivity index (χ0n) is 17.6. The third kappa shape index (κ3) is 6.32. The van der Waals surface area contributed by atoms with Gasteiger partial charge in [0.25, 0.3) is 5.91 Å². The molecule has 0 radical (unpaired) electrons. The molecule has 6 nitrogen and oxygen atoms in total. The maximum Gasteiger partial charge on any atom is 0.251 e. The van der Waals surface area contributed by atoms with Crippen molar-refractivity contribution in [3.8, 4) is 5.75 Å². The molecule has 0 unspecified atom stereocenters. The molecular weight excluding hydrogens is 368 g/mol. The predicted octanol–water partition coefficient (Wildman–Crippen LogP) is 3.08. The first-order chi connectivity index (χ1) is 13.6. The van der Waals surface area contributed by atoms with Gasteiger partial charge in [0.2, 0.25) is 5.91 Å². The number of carbonyl (C=O) groups excluding carboxylic acids is 2. The van der Waals surface area contributed by atoms with Crippen LogP contribution >= 0.6 is 0 Å². The highest BCUT2D eigenvalue weighted by Gasteiger charge is 2.34. The van der Waals surface area contributed by atoms with Gasteiger partial charge in [-0.25, -0.2) is 0 Å². The van der Waals surface area contributed by atoms with Crippen LogP contribution in [0.3, 0.4) is 0 Å². The summed E-state index contributed by atoms with van der Waals surface area (Å²) < 4.78 is 5.15. The Balaban J connectivity index is 2.26. The van der Waals surface area contributed by atoms with Crippen LogP contribution in [-0.2, 0) is 4.79 Å². The van der Waals surface area contributed by atoms with E-state index >= 15 is 0 Å². The highest BCUT2D eigenvalue weighted by Crippen LogP contribution is 2.27. The molecule has 2 aromatic rings. The van der Waals surface area contributed by atoms with Crippen molar-refractivity contribution in [1.29, 1.82) is 0 Å². The van der Waals surface area contributed by atoms with E-state index in [4.69, 9.17) is 4.74 Å². The minimum absolute atomic E-state index is 0.346. The van der Waals surface area contributed by atoms with Gasteiger partial charge in [-0.15, -0.1) is 0 Å². The molecule has 0 bridgehead atoms. The highest BCUT2D eigenvalue weighted by atomic mass is 16.5. The second kappa shape index (κ2) is 9.56. The number of hydrogen-bond acceptors (Lipinski definition) is 4. The zero-order valence-corrected chi connectivity index (χ0v) is 17.6. The molecule has 0 aromatic heterocycles. The van der Waals surface area contributed by atoms with E-state index in [1.54, 1.807) is 62.6 Å². The van der Waals surface area contributed by atoms with E-state index in [9.17, 15) is 14.7 Å². The van der Waals surface area contributed by atoms with Crippen molar-refractivity contribution in [2.24, 2.45) is 5.92 Å². The Morgan fingerprint density at radius 2 is 1.59 bits per heavy atom. The van der Waals surface area contributed by atoms with Gasteiger partial charge >= 0.3 is 0 Å². The molecule has 2 amide bonds. The van der Waals surface area contributed by atoms with Gasteiger partial charge in [-0.2, -0.15) is 0 Å². The molecule has 2 aromatic carbocycles. The summed E-state index contributed by atoms with van der Waals surface area (Å²) in [6, 6.07) is 14.8. The van der Waals surface area contributed by atoms with Crippen molar-refractivity contribution in [3.63, 3.8) is 0 Å². The number of ether oxygens (including phenoxy) is 1. The molecule has 0 fully saturated rings. The average Bonchev–Trinajstić information content (AvgIpc) is 2.70.